The van der Waals surface area contributed by atoms with Crippen molar-refractivity contribution in [3.05, 3.63) is 0 Å². The average molecular weight is 282 g/mol. The monoisotopic (exact) mass is 282 g/mol. The number of methoxy groups -OCH3 is 1. The molecule has 1 saturated carbocycles. The van der Waals surface area contributed by atoms with E-state index >= 15 is 0 Å². The van der Waals surface area contributed by atoms with Crippen LogP contribution in [0, 0.1) is 11.3 Å². The number of hydrogen-bond donors (Lipinski definition) is 1. The lowest BCUT2D eigenvalue weighted by atomic mass is 9.87. The Balaban J connectivity index is 1.75. The number of hydrogen-bond acceptors (Lipinski definition) is 3. The molecular weight excluding hydrogens is 252 g/mol. The minimum atomic E-state index is 0.0918. The van der Waals surface area contributed by atoms with Gasteiger partial charge >= 0.3 is 0 Å². The van der Waals surface area contributed by atoms with Gasteiger partial charge in [-0.1, -0.05) is 19.8 Å². The first-order valence-corrected chi connectivity index (χ1v) is 8.14. The lowest BCUT2D eigenvalue weighted by molar-refractivity contribution is -0.125. The van der Waals surface area contributed by atoms with Crippen LogP contribution in [-0.2, 0) is 9.53 Å². The number of nitrogens with one attached hydrogen (secondary N) is 1. The molecule has 1 aliphatic heterocycles. The Kier molecular flexibility index (Phi) is 5.85. The van der Waals surface area contributed by atoms with Gasteiger partial charge in [-0.15, -0.1) is 0 Å². The van der Waals surface area contributed by atoms with Gasteiger partial charge in [0, 0.05) is 31.5 Å². The van der Waals surface area contributed by atoms with E-state index in [9.17, 15) is 4.79 Å². The molecule has 1 N–H and O–H groups in total. The molecular formula is C16H30N2O2. The molecule has 0 radical (unpaired) electrons. The predicted molar refractivity (Wildman–Crippen MR) is 80.6 cm³/mol. The lowest BCUT2D eigenvalue weighted by Gasteiger charge is -2.29. The fraction of sp³-hybridized carbons (Fsp3) is 0.938. The Morgan fingerprint density at radius 3 is 2.50 bits per heavy atom. The molecule has 20 heavy (non-hydrogen) atoms. The van der Waals surface area contributed by atoms with Gasteiger partial charge < -0.3 is 15.0 Å². The molecule has 4 heteroatoms. The third-order valence-corrected chi connectivity index (χ3v) is 4.93. The predicted octanol–water partition coefficient (Wildman–Crippen LogP) is 2.04. The van der Waals surface area contributed by atoms with Crippen LogP contribution in [0.4, 0.5) is 0 Å². The van der Waals surface area contributed by atoms with Crippen LogP contribution < -0.4 is 5.32 Å². The largest absolute Gasteiger partial charge is 0.384 e. The number of ether oxygens (including phenoxy) is 1. The number of carbonyl (C=O) groups excluding carboxylic acids is 1. The van der Waals surface area contributed by atoms with E-state index in [1.54, 1.807) is 7.11 Å². The second kappa shape index (κ2) is 7.41. The molecule has 1 amide bonds. The van der Waals surface area contributed by atoms with Crippen molar-refractivity contribution in [2.75, 3.05) is 39.9 Å². The minimum absolute atomic E-state index is 0.0918. The van der Waals surface area contributed by atoms with Crippen molar-refractivity contribution in [1.29, 1.82) is 0 Å². The van der Waals surface area contributed by atoms with Crippen LogP contribution in [0.25, 0.3) is 0 Å². The maximum absolute atomic E-state index is 12.3. The standard InChI is InChI=1S/C16H30N2O2/c1-14(11-18-9-5-6-10-18)15(19)17-12-16(13-20-2)7-3-4-8-16/h14H,3-13H2,1-2H3,(H,17,19)/t14-/m0/s1. The summed E-state index contributed by atoms with van der Waals surface area (Å²) in [6.45, 7) is 6.82. The molecule has 1 atom stereocenters. The van der Waals surface area contributed by atoms with Crippen LogP contribution in [0.5, 0.6) is 0 Å². The molecule has 0 aromatic rings. The third kappa shape index (κ3) is 4.19. The maximum atomic E-state index is 12.3. The number of rotatable bonds is 7. The summed E-state index contributed by atoms with van der Waals surface area (Å²) in [5.41, 5.74) is 0.192. The fourth-order valence-electron chi connectivity index (χ4n) is 3.69. The first-order valence-electron chi connectivity index (χ1n) is 8.14. The lowest BCUT2D eigenvalue weighted by Crippen LogP contribution is -2.43. The van der Waals surface area contributed by atoms with Crippen molar-refractivity contribution in [2.24, 2.45) is 11.3 Å². The van der Waals surface area contributed by atoms with Gasteiger partial charge in [-0.2, -0.15) is 0 Å². The summed E-state index contributed by atoms with van der Waals surface area (Å²) in [5.74, 6) is 0.299. The second-order valence-electron chi connectivity index (χ2n) is 6.77. The number of likely N-dealkylation sites (tertiary alicyclic amines) is 1. The first-order chi connectivity index (χ1) is 9.65. The van der Waals surface area contributed by atoms with Gasteiger partial charge in [-0.05, 0) is 38.8 Å². The molecule has 4 nitrogen and oxygen atoms in total. The topological polar surface area (TPSA) is 41.6 Å². The molecule has 2 rings (SSSR count). The highest BCUT2D eigenvalue weighted by Gasteiger charge is 2.34. The van der Waals surface area contributed by atoms with Crippen molar-refractivity contribution in [3.8, 4) is 0 Å². The van der Waals surface area contributed by atoms with Gasteiger partial charge in [-0.25, -0.2) is 0 Å². The Hall–Kier alpha value is -0.610. The van der Waals surface area contributed by atoms with Crippen LogP contribution in [0.15, 0.2) is 0 Å². The van der Waals surface area contributed by atoms with Gasteiger partial charge in [0.05, 0.1) is 6.61 Å². The number of carbonyl (C=O) groups is 1. The summed E-state index contributed by atoms with van der Waals surface area (Å²) in [7, 11) is 1.76. The van der Waals surface area contributed by atoms with E-state index < -0.39 is 0 Å². The number of amides is 1. The highest BCUT2D eigenvalue weighted by atomic mass is 16.5. The van der Waals surface area contributed by atoms with Gasteiger partial charge in [-0.3, -0.25) is 4.79 Å². The van der Waals surface area contributed by atoms with Crippen LogP contribution in [0.2, 0.25) is 0 Å². The van der Waals surface area contributed by atoms with E-state index in [2.05, 4.69) is 10.2 Å². The molecule has 1 saturated heterocycles. The van der Waals surface area contributed by atoms with Gasteiger partial charge in [0.15, 0.2) is 0 Å². The fourth-order valence-corrected chi connectivity index (χ4v) is 3.69. The van der Waals surface area contributed by atoms with Crippen molar-refractivity contribution >= 4 is 5.91 Å². The Morgan fingerprint density at radius 1 is 1.25 bits per heavy atom. The van der Waals surface area contributed by atoms with Crippen molar-refractivity contribution < 1.29 is 9.53 Å². The zero-order valence-corrected chi connectivity index (χ0v) is 13.1. The summed E-state index contributed by atoms with van der Waals surface area (Å²) in [6.07, 6.45) is 7.46. The third-order valence-electron chi connectivity index (χ3n) is 4.93. The molecule has 116 valence electrons. The number of nitrogens with zero attached hydrogens (tertiary/aromatic N) is 1. The van der Waals surface area contributed by atoms with Gasteiger partial charge in [0.2, 0.25) is 5.91 Å². The zero-order chi connectivity index (χ0) is 14.4. The molecule has 0 unspecified atom stereocenters. The quantitative estimate of drug-likeness (QED) is 0.777. The Labute approximate surface area is 123 Å². The van der Waals surface area contributed by atoms with E-state index in [4.69, 9.17) is 4.74 Å². The summed E-state index contributed by atoms with van der Waals surface area (Å²) >= 11 is 0. The van der Waals surface area contributed by atoms with Crippen LogP contribution in [0.1, 0.15) is 45.4 Å². The Morgan fingerprint density at radius 2 is 1.90 bits per heavy atom. The SMILES string of the molecule is COCC1(CNC(=O)[C@@H](C)CN2CCCC2)CCCC1. The zero-order valence-electron chi connectivity index (χ0n) is 13.1. The highest BCUT2D eigenvalue weighted by Crippen LogP contribution is 2.37. The van der Waals surface area contributed by atoms with Crippen molar-refractivity contribution in [2.45, 2.75) is 45.4 Å². The average Bonchev–Trinajstić information content (AvgIpc) is 3.09. The molecule has 0 bridgehead atoms. The summed E-state index contributed by atoms with van der Waals surface area (Å²) in [4.78, 5) is 14.7. The summed E-state index contributed by atoms with van der Waals surface area (Å²) in [6, 6.07) is 0. The first kappa shape index (κ1) is 15.8. The molecule has 2 aliphatic rings. The van der Waals surface area contributed by atoms with Crippen LogP contribution in [-0.4, -0.2) is 50.7 Å². The van der Waals surface area contributed by atoms with E-state index in [1.807, 2.05) is 6.92 Å². The van der Waals surface area contributed by atoms with Gasteiger partial charge in [0.25, 0.3) is 0 Å². The summed E-state index contributed by atoms with van der Waals surface area (Å²) < 4.78 is 5.37. The molecule has 1 aliphatic carbocycles. The van der Waals surface area contributed by atoms with Gasteiger partial charge in [0.1, 0.15) is 0 Å². The molecule has 0 aromatic heterocycles. The highest BCUT2D eigenvalue weighted by molar-refractivity contribution is 5.78. The van der Waals surface area contributed by atoms with E-state index in [-0.39, 0.29) is 17.2 Å². The Bertz CT molecular complexity index is 308. The normalized spacial score (nSPS) is 23.9. The second-order valence-corrected chi connectivity index (χ2v) is 6.77. The molecule has 2 fully saturated rings. The summed E-state index contributed by atoms with van der Waals surface area (Å²) in [5, 5.41) is 3.18. The van der Waals surface area contributed by atoms with E-state index in [1.165, 1.54) is 38.5 Å². The van der Waals surface area contributed by atoms with Crippen molar-refractivity contribution in [1.82, 2.24) is 10.2 Å². The maximum Gasteiger partial charge on any atom is 0.224 e. The van der Waals surface area contributed by atoms with Crippen molar-refractivity contribution in [3.63, 3.8) is 0 Å². The smallest absolute Gasteiger partial charge is 0.224 e. The molecule has 0 spiro atoms. The molecule has 0 aromatic carbocycles. The van der Waals surface area contributed by atoms with Crippen LogP contribution >= 0.6 is 0 Å². The van der Waals surface area contributed by atoms with Crippen LogP contribution in [0.3, 0.4) is 0 Å². The molecule has 1 heterocycles. The van der Waals surface area contributed by atoms with E-state index in [0.717, 1.165) is 32.8 Å². The van der Waals surface area contributed by atoms with E-state index in [0.29, 0.717) is 0 Å². The minimum Gasteiger partial charge on any atom is -0.384 e.